The van der Waals surface area contributed by atoms with Crippen molar-refractivity contribution in [1.29, 1.82) is 0 Å². The molecular weight excluding hydrogens is 218 g/mol. The van der Waals surface area contributed by atoms with Gasteiger partial charge in [0.25, 0.3) is 0 Å². The van der Waals surface area contributed by atoms with Gasteiger partial charge in [0.15, 0.2) is 0 Å². The van der Waals surface area contributed by atoms with Gasteiger partial charge in [-0.3, -0.25) is 0 Å². The van der Waals surface area contributed by atoms with Crippen LogP contribution in [-0.2, 0) is 14.2 Å². The smallest absolute Gasteiger partial charge is 0.0701 e. The van der Waals surface area contributed by atoms with Gasteiger partial charge in [-0.2, -0.15) is 0 Å². The SMILES string of the molecule is CC.COCCOCCOCCNCC(C)C. The summed E-state index contributed by atoms with van der Waals surface area (Å²) in [7, 11) is 1.67. The molecule has 0 aromatic rings. The van der Waals surface area contributed by atoms with Gasteiger partial charge in [0.1, 0.15) is 0 Å². The van der Waals surface area contributed by atoms with Crippen molar-refractivity contribution in [2.45, 2.75) is 27.7 Å². The minimum Gasteiger partial charge on any atom is -0.382 e. The first-order chi connectivity index (χ1) is 8.27. The van der Waals surface area contributed by atoms with Crippen molar-refractivity contribution < 1.29 is 14.2 Å². The Morgan fingerprint density at radius 1 is 0.882 bits per heavy atom. The van der Waals surface area contributed by atoms with Crippen LogP contribution < -0.4 is 5.32 Å². The van der Waals surface area contributed by atoms with Crippen LogP contribution in [-0.4, -0.2) is 53.2 Å². The summed E-state index contributed by atoms with van der Waals surface area (Å²) in [6.07, 6.45) is 0. The van der Waals surface area contributed by atoms with Gasteiger partial charge in [-0.1, -0.05) is 27.7 Å². The van der Waals surface area contributed by atoms with Crippen molar-refractivity contribution in [2.75, 3.05) is 53.2 Å². The number of rotatable bonds is 11. The third-order valence-electron chi connectivity index (χ3n) is 1.78. The van der Waals surface area contributed by atoms with Crippen molar-refractivity contribution in [3.05, 3.63) is 0 Å². The predicted octanol–water partition coefficient (Wildman–Crippen LogP) is 1.94. The highest BCUT2D eigenvalue weighted by Crippen LogP contribution is 1.86. The third-order valence-corrected chi connectivity index (χ3v) is 1.78. The van der Waals surface area contributed by atoms with Crippen LogP contribution in [0.15, 0.2) is 0 Å². The maximum Gasteiger partial charge on any atom is 0.0701 e. The molecule has 17 heavy (non-hydrogen) atoms. The van der Waals surface area contributed by atoms with Gasteiger partial charge in [0.05, 0.1) is 33.0 Å². The fourth-order valence-electron chi connectivity index (χ4n) is 0.999. The largest absolute Gasteiger partial charge is 0.382 e. The second kappa shape index (κ2) is 18.2. The molecule has 0 aliphatic rings. The van der Waals surface area contributed by atoms with Crippen molar-refractivity contribution in [2.24, 2.45) is 5.92 Å². The summed E-state index contributed by atoms with van der Waals surface area (Å²) in [4.78, 5) is 0. The molecule has 0 aliphatic heterocycles. The van der Waals surface area contributed by atoms with E-state index in [4.69, 9.17) is 14.2 Å². The van der Waals surface area contributed by atoms with Crippen LogP contribution in [0, 0.1) is 5.92 Å². The van der Waals surface area contributed by atoms with E-state index in [-0.39, 0.29) is 0 Å². The Bertz CT molecular complexity index is 121. The van der Waals surface area contributed by atoms with E-state index in [1.165, 1.54) is 0 Å². The third kappa shape index (κ3) is 21.6. The van der Waals surface area contributed by atoms with Crippen LogP contribution in [0.3, 0.4) is 0 Å². The van der Waals surface area contributed by atoms with Crippen LogP contribution in [0.25, 0.3) is 0 Å². The first kappa shape index (κ1) is 19.2. The zero-order valence-electron chi connectivity index (χ0n) is 12.3. The summed E-state index contributed by atoms with van der Waals surface area (Å²) >= 11 is 0. The molecule has 0 rings (SSSR count). The summed E-state index contributed by atoms with van der Waals surface area (Å²) in [5.41, 5.74) is 0. The maximum absolute atomic E-state index is 5.37. The minimum atomic E-state index is 0.644. The van der Waals surface area contributed by atoms with E-state index in [9.17, 15) is 0 Å². The molecule has 0 saturated carbocycles. The van der Waals surface area contributed by atoms with Crippen LogP contribution in [0.1, 0.15) is 27.7 Å². The van der Waals surface area contributed by atoms with Crippen LogP contribution in [0.4, 0.5) is 0 Å². The Hall–Kier alpha value is -0.160. The number of methoxy groups -OCH3 is 1. The average molecular weight is 249 g/mol. The normalized spacial score (nSPS) is 10.2. The lowest BCUT2D eigenvalue weighted by molar-refractivity contribution is 0.0255. The summed E-state index contributed by atoms with van der Waals surface area (Å²) in [6.45, 7) is 13.7. The van der Waals surface area contributed by atoms with Gasteiger partial charge in [-0.25, -0.2) is 0 Å². The molecule has 0 fully saturated rings. The highest BCUT2D eigenvalue weighted by molar-refractivity contribution is 4.49. The highest BCUT2D eigenvalue weighted by Gasteiger charge is 1.93. The second-order valence-electron chi connectivity index (χ2n) is 3.82. The number of hydrogen-bond acceptors (Lipinski definition) is 4. The van der Waals surface area contributed by atoms with Gasteiger partial charge in [0, 0.05) is 13.7 Å². The summed E-state index contributed by atoms with van der Waals surface area (Å²) in [5.74, 6) is 0.697. The number of ether oxygens (including phenoxy) is 3. The van der Waals surface area contributed by atoms with Gasteiger partial charge in [-0.15, -0.1) is 0 Å². The molecule has 4 heteroatoms. The molecule has 0 radical (unpaired) electrons. The zero-order chi connectivity index (χ0) is 13.4. The fourth-order valence-corrected chi connectivity index (χ4v) is 0.999. The van der Waals surface area contributed by atoms with Crippen molar-refractivity contribution in [3.63, 3.8) is 0 Å². The Morgan fingerprint density at radius 3 is 1.94 bits per heavy atom. The van der Waals surface area contributed by atoms with E-state index in [0.717, 1.165) is 19.7 Å². The van der Waals surface area contributed by atoms with Crippen molar-refractivity contribution >= 4 is 0 Å². The molecule has 0 aromatic carbocycles. The van der Waals surface area contributed by atoms with Crippen molar-refractivity contribution in [3.8, 4) is 0 Å². The Kier molecular flexibility index (Phi) is 20.6. The Balaban J connectivity index is 0. The summed E-state index contributed by atoms with van der Waals surface area (Å²) in [6, 6.07) is 0. The molecule has 1 N–H and O–H groups in total. The fraction of sp³-hybridized carbons (Fsp3) is 1.00. The lowest BCUT2D eigenvalue weighted by Crippen LogP contribution is -2.24. The lowest BCUT2D eigenvalue weighted by atomic mass is 10.2. The number of hydrogen-bond donors (Lipinski definition) is 1. The van der Waals surface area contributed by atoms with E-state index >= 15 is 0 Å². The first-order valence-corrected chi connectivity index (χ1v) is 6.62. The monoisotopic (exact) mass is 249 g/mol. The van der Waals surface area contributed by atoms with Crippen LogP contribution in [0.5, 0.6) is 0 Å². The van der Waals surface area contributed by atoms with Gasteiger partial charge >= 0.3 is 0 Å². The zero-order valence-corrected chi connectivity index (χ0v) is 12.3. The Labute approximate surface area is 107 Å². The van der Waals surface area contributed by atoms with E-state index in [0.29, 0.717) is 32.3 Å². The molecule has 0 atom stereocenters. The van der Waals surface area contributed by atoms with E-state index < -0.39 is 0 Å². The van der Waals surface area contributed by atoms with E-state index in [1.807, 2.05) is 13.8 Å². The van der Waals surface area contributed by atoms with Gasteiger partial charge in [-0.05, 0) is 12.5 Å². The quantitative estimate of drug-likeness (QED) is 0.568. The lowest BCUT2D eigenvalue weighted by Gasteiger charge is -2.08. The van der Waals surface area contributed by atoms with Gasteiger partial charge in [0.2, 0.25) is 0 Å². The highest BCUT2D eigenvalue weighted by atomic mass is 16.5. The molecule has 4 nitrogen and oxygen atoms in total. The minimum absolute atomic E-state index is 0.644. The maximum atomic E-state index is 5.37. The molecule has 0 aliphatic carbocycles. The van der Waals surface area contributed by atoms with E-state index in [1.54, 1.807) is 7.11 Å². The molecule has 0 saturated heterocycles. The summed E-state index contributed by atoms with van der Waals surface area (Å²) < 4.78 is 15.5. The molecule has 0 amide bonds. The van der Waals surface area contributed by atoms with E-state index in [2.05, 4.69) is 19.2 Å². The van der Waals surface area contributed by atoms with Gasteiger partial charge < -0.3 is 19.5 Å². The van der Waals surface area contributed by atoms with Crippen LogP contribution >= 0.6 is 0 Å². The first-order valence-electron chi connectivity index (χ1n) is 6.62. The standard InChI is InChI=1S/C11H25NO3.C2H6/c1-11(2)10-12-4-5-14-8-9-15-7-6-13-3;1-2/h11-12H,4-10H2,1-3H3;1-2H3. The predicted molar refractivity (Wildman–Crippen MR) is 72.6 cm³/mol. The van der Waals surface area contributed by atoms with Crippen molar-refractivity contribution in [1.82, 2.24) is 5.32 Å². The Morgan fingerprint density at radius 2 is 1.41 bits per heavy atom. The average Bonchev–Trinajstić information content (AvgIpc) is 2.34. The second-order valence-corrected chi connectivity index (χ2v) is 3.82. The molecule has 0 unspecified atom stereocenters. The molecule has 0 aromatic heterocycles. The number of nitrogens with one attached hydrogen (secondary N) is 1. The van der Waals surface area contributed by atoms with Crippen LogP contribution in [0.2, 0.25) is 0 Å². The molecule has 106 valence electrons. The topological polar surface area (TPSA) is 39.7 Å². The molecule has 0 spiro atoms. The molecular formula is C13H31NO3. The molecule has 0 bridgehead atoms. The molecule has 0 heterocycles. The summed E-state index contributed by atoms with van der Waals surface area (Å²) in [5, 5.41) is 3.31.